The fraction of sp³-hybridized carbons (Fsp3) is 0.952. The molecule has 2 heterocycles. The molecule has 10 N–H and O–H groups in total. The summed E-state index contributed by atoms with van der Waals surface area (Å²) < 4.78 is 24.2. The Morgan fingerprint density at radius 3 is 1.95 bits per heavy atom. The number of hydrogen-bond donors (Lipinski definition) is 10. The molecule has 0 radical (unpaired) electrons. The van der Waals surface area contributed by atoms with Gasteiger partial charge in [-0.1, -0.05) is 60.1 Å². The van der Waals surface area contributed by atoms with E-state index < -0.39 is 109 Å². The Hall–Kier alpha value is -0.820. The maximum atomic E-state index is 12.4. The standard InChI is InChI=1S/C42H70O14/c1-37(2)10-12-42(19-53-36-33(31(51)29(49)24(18-44)55-36)56-35-32(52)30(50)28(48)23(17-43)54-35)13-11-39(5)20(21(42)16-37)14-22(45)34-40(39,6)9-8-25-38(3,4)26(46)15-27(47)41(25,34)7/h14,21-36,43-52H,8-13,15-19H2,1-7H3/t21-,22+,23+,24+,25-,26-,27+,28+,29+,30-,31-,32+,33+,34-,35-,36+,39+,40+,41+,42+/m0/s1. The van der Waals surface area contributed by atoms with E-state index in [0.29, 0.717) is 0 Å². The maximum absolute atomic E-state index is 12.4. The van der Waals surface area contributed by atoms with E-state index >= 15 is 0 Å². The van der Waals surface area contributed by atoms with Crippen LogP contribution in [0.3, 0.4) is 0 Å². The normalized spacial score (nSPS) is 55.2. The lowest BCUT2D eigenvalue weighted by atomic mass is 9.33. The van der Waals surface area contributed by atoms with E-state index in [9.17, 15) is 51.1 Å². The van der Waals surface area contributed by atoms with Crippen molar-refractivity contribution in [3.8, 4) is 0 Å². The van der Waals surface area contributed by atoms with Gasteiger partial charge in [-0.3, -0.25) is 0 Å². The highest BCUT2D eigenvalue weighted by atomic mass is 16.8. The number of hydrogen-bond acceptors (Lipinski definition) is 14. The summed E-state index contributed by atoms with van der Waals surface area (Å²) in [6.07, 6.45) is -9.36. The molecule has 7 aliphatic rings. The Morgan fingerprint density at radius 2 is 1.30 bits per heavy atom. The molecule has 6 fully saturated rings. The van der Waals surface area contributed by atoms with Gasteiger partial charge in [-0.2, -0.15) is 0 Å². The molecule has 7 rings (SSSR count). The largest absolute Gasteiger partial charge is 0.394 e. The van der Waals surface area contributed by atoms with Crippen molar-refractivity contribution in [1.29, 1.82) is 0 Å². The third-order valence-corrected chi connectivity index (χ3v) is 17.4. The zero-order valence-electron chi connectivity index (χ0n) is 34.2. The molecule has 4 saturated carbocycles. The molecule has 2 aliphatic heterocycles. The molecule has 322 valence electrons. The van der Waals surface area contributed by atoms with Crippen LogP contribution >= 0.6 is 0 Å². The Balaban J connectivity index is 1.21. The third kappa shape index (κ3) is 6.34. The van der Waals surface area contributed by atoms with Crippen LogP contribution in [-0.2, 0) is 18.9 Å². The van der Waals surface area contributed by atoms with Crippen LogP contribution in [0, 0.1) is 50.2 Å². The highest BCUT2D eigenvalue weighted by Crippen LogP contribution is 2.75. The molecule has 0 aromatic carbocycles. The fourth-order valence-corrected chi connectivity index (χ4v) is 13.6. The summed E-state index contributed by atoms with van der Waals surface area (Å²) in [6.45, 7) is 14.4. The van der Waals surface area contributed by atoms with Gasteiger partial charge >= 0.3 is 0 Å². The van der Waals surface area contributed by atoms with Crippen molar-refractivity contribution < 1.29 is 70.0 Å². The monoisotopic (exact) mass is 798 g/mol. The molecule has 0 spiro atoms. The zero-order valence-corrected chi connectivity index (χ0v) is 34.2. The van der Waals surface area contributed by atoms with Crippen LogP contribution in [0.1, 0.15) is 99.8 Å². The average Bonchev–Trinajstić information content (AvgIpc) is 3.13. The van der Waals surface area contributed by atoms with E-state index in [1.54, 1.807) is 0 Å². The number of ether oxygens (including phenoxy) is 4. The quantitative estimate of drug-likeness (QED) is 0.160. The number of rotatable bonds is 7. The summed E-state index contributed by atoms with van der Waals surface area (Å²) in [5, 5.41) is 109. The highest BCUT2D eigenvalue weighted by molar-refractivity contribution is 5.36. The first-order chi connectivity index (χ1) is 26.0. The molecule has 0 aromatic rings. The Labute approximate surface area is 330 Å². The van der Waals surface area contributed by atoms with Crippen LogP contribution < -0.4 is 0 Å². The Morgan fingerprint density at radius 1 is 0.696 bits per heavy atom. The number of aliphatic hydroxyl groups excluding tert-OH is 10. The minimum absolute atomic E-state index is 0.00458. The van der Waals surface area contributed by atoms with Crippen LogP contribution in [0.5, 0.6) is 0 Å². The van der Waals surface area contributed by atoms with E-state index in [0.717, 1.165) is 44.9 Å². The first-order valence-electron chi connectivity index (χ1n) is 21.0. The van der Waals surface area contributed by atoms with Crippen LogP contribution in [0.15, 0.2) is 11.6 Å². The SMILES string of the molecule is CC1(C)CC[C@]2(CO[C@@H]3O[C@H](CO)[C@@H](O)[C@H](O)[C@H]3O[C@@H]3O[C@H](CO)[C@@H](O)[C@H](O)[C@H]3O)CC[C@]3(C)C(=C[C@@H](O)[C@@H]4[C@@]5(C)[C@H](O)C[C@H](O)C(C)(C)[C@@H]5CC[C@]43C)[C@@H]2C1. The van der Waals surface area contributed by atoms with Crippen LogP contribution in [0.2, 0.25) is 0 Å². The van der Waals surface area contributed by atoms with Gasteiger partial charge in [-0.15, -0.1) is 0 Å². The van der Waals surface area contributed by atoms with Gasteiger partial charge in [0.2, 0.25) is 0 Å². The summed E-state index contributed by atoms with van der Waals surface area (Å²) in [4.78, 5) is 0. The predicted octanol–water partition coefficient (Wildman–Crippen LogP) is 0.731. The predicted molar refractivity (Wildman–Crippen MR) is 200 cm³/mol. The lowest BCUT2D eigenvalue weighted by molar-refractivity contribution is -0.370. The van der Waals surface area contributed by atoms with Crippen LogP contribution in [-0.4, -0.2) is 151 Å². The lowest BCUT2D eigenvalue weighted by Crippen LogP contribution is -2.70. The van der Waals surface area contributed by atoms with Gasteiger partial charge in [0.25, 0.3) is 0 Å². The van der Waals surface area contributed by atoms with Crippen molar-refractivity contribution in [2.75, 3.05) is 19.8 Å². The minimum atomic E-state index is -1.77. The van der Waals surface area contributed by atoms with Crippen molar-refractivity contribution in [2.24, 2.45) is 50.2 Å². The smallest absolute Gasteiger partial charge is 0.187 e. The number of aliphatic hydroxyl groups is 10. The van der Waals surface area contributed by atoms with E-state index in [4.69, 9.17) is 18.9 Å². The van der Waals surface area contributed by atoms with Gasteiger partial charge in [0.15, 0.2) is 12.6 Å². The van der Waals surface area contributed by atoms with Crippen molar-refractivity contribution in [3.05, 3.63) is 11.6 Å². The molecule has 0 aromatic heterocycles. The van der Waals surface area contributed by atoms with Gasteiger partial charge in [-0.05, 0) is 78.4 Å². The summed E-state index contributed by atoms with van der Waals surface area (Å²) in [5.41, 5.74) is -0.943. The number of allylic oxidation sites excluding steroid dienone is 1. The fourth-order valence-electron chi connectivity index (χ4n) is 13.6. The van der Waals surface area contributed by atoms with Gasteiger partial charge in [0, 0.05) is 23.2 Å². The number of fused-ring (bicyclic) bond motifs is 7. The van der Waals surface area contributed by atoms with E-state index in [1.165, 1.54) is 5.57 Å². The maximum Gasteiger partial charge on any atom is 0.187 e. The second-order valence-corrected chi connectivity index (χ2v) is 21.0. The van der Waals surface area contributed by atoms with Crippen LogP contribution in [0.25, 0.3) is 0 Å². The summed E-state index contributed by atoms with van der Waals surface area (Å²) >= 11 is 0. The summed E-state index contributed by atoms with van der Waals surface area (Å²) in [5.74, 6) is -0.214. The summed E-state index contributed by atoms with van der Waals surface area (Å²) in [7, 11) is 0. The highest BCUT2D eigenvalue weighted by Gasteiger charge is 2.72. The molecular weight excluding hydrogens is 728 g/mol. The Kier molecular flexibility index (Phi) is 11.3. The summed E-state index contributed by atoms with van der Waals surface area (Å²) in [6, 6.07) is 0. The zero-order chi connectivity index (χ0) is 41.1. The van der Waals surface area contributed by atoms with Crippen molar-refractivity contribution in [3.63, 3.8) is 0 Å². The lowest BCUT2D eigenvalue weighted by Gasteiger charge is -2.72. The van der Waals surface area contributed by atoms with Gasteiger partial charge < -0.3 is 70.0 Å². The topological polar surface area (TPSA) is 239 Å². The molecule has 20 atom stereocenters. The third-order valence-electron chi connectivity index (χ3n) is 17.4. The molecular formula is C42H70O14. The molecule has 0 unspecified atom stereocenters. The van der Waals surface area contributed by atoms with Crippen molar-refractivity contribution in [1.82, 2.24) is 0 Å². The average molecular weight is 799 g/mol. The Bertz CT molecular complexity index is 1470. The van der Waals surface area contributed by atoms with Crippen LogP contribution in [0.4, 0.5) is 0 Å². The van der Waals surface area contributed by atoms with Crippen molar-refractivity contribution in [2.45, 2.75) is 180 Å². The van der Waals surface area contributed by atoms with E-state index in [-0.39, 0.29) is 47.0 Å². The molecule has 56 heavy (non-hydrogen) atoms. The molecule has 0 bridgehead atoms. The second-order valence-electron chi connectivity index (χ2n) is 21.0. The first-order valence-corrected chi connectivity index (χ1v) is 21.0. The first kappa shape index (κ1) is 43.3. The van der Waals surface area contributed by atoms with Crippen molar-refractivity contribution >= 4 is 0 Å². The second kappa shape index (κ2) is 14.7. The molecule has 0 amide bonds. The van der Waals surface area contributed by atoms with E-state index in [2.05, 4.69) is 54.5 Å². The van der Waals surface area contributed by atoms with Gasteiger partial charge in [0.05, 0.1) is 38.1 Å². The van der Waals surface area contributed by atoms with Gasteiger partial charge in [0.1, 0.15) is 48.8 Å². The van der Waals surface area contributed by atoms with Gasteiger partial charge in [-0.25, -0.2) is 0 Å². The molecule has 5 aliphatic carbocycles. The minimum Gasteiger partial charge on any atom is -0.394 e. The molecule has 14 nitrogen and oxygen atoms in total. The molecule has 14 heteroatoms. The molecule has 2 saturated heterocycles. The van der Waals surface area contributed by atoms with E-state index in [1.807, 2.05) is 0 Å².